The first-order valence-corrected chi connectivity index (χ1v) is 4.21. The predicted octanol–water partition coefficient (Wildman–Crippen LogP) is -0.289. The second-order valence-electron chi connectivity index (χ2n) is 2.91. The van der Waals surface area contributed by atoms with Crippen molar-refractivity contribution >= 4 is 5.97 Å². The van der Waals surface area contributed by atoms with Crippen molar-refractivity contribution in [1.82, 2.24) is 9.55 Å². The van der Waals surface area contributed by atoms with E-state index >= 15 is 0 Å². The number of carboxylic acid groups (broad SMARTS) is 1. The molecule has 15 heavy (non-hydrogen) atoms. The van der Waals surface area contributed by atoms with Crippen LogP contribution in [0.2, 0.25) is 0 Å². The maximum Gasteiger partial charge on any atom is 0.329 e. The highest BCUT2D eigenvalue weighted by molar-refractivity contribution is 5.71. The molecule has 0 aliphatic carbocycles. The van der Waals surface area contributed by atoms with Gasteiger partial charge in [-0.15, -0.1) is 0 Å². The summed E-state index contributed by atoms with van der Waals surface area (Å²) in [4.78, 5) is 34.3. The summed E-state index contributed by atoms with van der Waals surface area (Å²) in [5.74, 6) is -2.44. The van der Waals surface area contributed by atoms with Gasteiger partial charge in [-0.3, -0.25) is 14.3 Å². The fraction of sp³-hybridized carbons (Fsp3) is 0.375. The van der Waals surface area contributed by atoms with E-state index in [9.17, 15) is 18.8 Å². The molecule has 1 unspecified atom stereocenters. The molecule has 1 aromatic rings. The Morgan fingerprint density at radius 2 is 2.27 bits per heavy atom. The number of carboxylic acids is 1. The van der Waals surface area contributed by atoms with E-state index in [0.29, 0.717) is 10.8 Å². The van der Waals surface area contributed by atoms with Crippen molar-refractivity contribution in [2.45, 2.75) is 19.4 Å². The molecule has 0 aliphatic heterocycles. The van der Waals surface area contributed by atoms with Crippen molar-refractivity contribution in [2.24, 2.45) is 0 Å². The number of H-pyrrole nitrogens is 1. The van der Waals surface area contributed by atoms with Gasteiger partial charge in [0, 0.05) is 0 Å². The zero-order valence-electron chi connectivity index (χ0n) is 7.86. The Hall–Kier alpha value is -1.92. The number of halogens is 1. The molecule has 0 saturated heterocycles. The molecule has 7 heteroatoms. The number of aliphatic carboxylic acids is 1. The lowest BCUT2D eigenvalue weighted by Crippen LogP contribution is -2.36. The van der Waals surface area contributed by atoms with Crippen LogP contribution >= 0.6 is 0 Å². The maximum absolute atomic E-state index is 12.8. The molecule has 0 aliphatic rings. The van der Waals surface area contributed by atoms with E-state index in [1.54, 1.807) is 4.98 Å². The van der Waals surface area contributed by atoms with Crippen LogP contribution in [0.4, 0.5) is 4.39 Å². The third-order valence-corrected chi connectivity index (χ3v) is 1.93. The van der Waals surface area contributed by atoms with Crippen LogP contribution in [0.3, 0.4) is 0 Å². The summed E-state index contributed by atoms with van der Waals surface area (Å²) in [7, 11) is 0. The van der Waals surface area contributed by atoms with Crippen molar-refractivity contribution in [3.63, 3.8) is 0 Å². The normalized spacial score (nSPS) is 12.4. The van der Waals surface area contributed by atoms with Crippen LogP contribution in [0.1, 0.15) is 19.4 Å². The zero-order valence-corrected chi connectivity index (χ0v) is 7.86. The van der Waals surface area contributed by atoms with Gasteiger partial charge in [-0.2, -0.15) is 4.39 Å². The van der Waals surface area contributed by atoms with E-state index in [0.717, 1.165) is 0 Å². The molecule has 1 aromatic heterocycles. The van der Waals surface area contributed by atoms with E-state index in [2.05, 4.69) is 0 Å². The maximum atomic E-state index is 12.8. The number of rotatable bonds is 3. The van der Waals surface area contributed by atoms with Crippen molar-refractivity contribution in [3.05, 3.63) is 32.9 Å². The first-order chi connectivity index (χ1) is 6.97. The van der Waals surface area contributed by atoms with Gasteiger partial charge in [0.2, 0.25) is 5.82 Å². The lowest BCUT2D eigenvalue weighted by Gasteiger charge is -2.12. The Balaban J connectivity index is 3.37. The Labute approximate surface area is 83.0 Å². The largest absolute Gasteiger partial charge is 0.480 e. The third kappa shape index (κ3) is 2.12. The molecule has 0 aromatic carbocycles. The van der Waals surface area contributed by atoms with Gasteiger partial charge in [-0.05, 0) is 6.42 Å². The second kappa shape index (κ2) is 4.07. The molecule has 0 spiro atoms. The molecule has 1 heterocycles. The van der Waals surface area contributed by atoms with Crippen LogP contribution in [0, 0.1) is 5.82 Å². The average molecular weight is 216 g/mol. The smallest absolute Gasteiger partial charge is 0.329 e. The Kier molecular flexibility index (Phi) is 3.03. The first-order valence-electron chi connectivity index (χ1n) is 4.21. The molecule has 0 saturated carbocycles. The monoisotopic (exact) mass is 216 g/mol. The number of nitrogens with one attached hydrogen (secondary N) is 1. The van der Waals surface area contributed by atoms with Gasteiger partial charge in [0.1, 0.15) is 6.04 Å². The Morgan fingerprint density at radius 3 is 2.73 bits per heavy atom. The van der Waals surface area contributed by atoms with Gasteiger partial charge in [0.25, 0.3) is 5.56 Å². The van der Waals surface area contributed by atoms with E-state index in [1.807, 2.05) is 0 Å². The number of carbonyl (C=O) groups is 1. The number of aromatic amines is 1. The van der Waals surface area contributed by atoms with Crippen LogP contribution in [-0.2, 0) is 4.79 Å². The average Bonchev–Trinajstić information content (AvgIpc) is 2.14. The van der Waals surface area contributed by atoms with Gasteiger partial charge < -0.3 is 5.11 Å². The summed E-state index contributed by atoms with van der Waals surface area (Å²) in [6.07, 6.45) is 0.712. The summed E-state index contributed by atoms with van der Waals surface area (Å²) < 4.78 is 13.5. The highest BCUT2D eigenvalue weighted by Crippen LogP contribution is 2.07. The van der Waals surface area contributed by atoms with Gasteiger partial charge in [-0.1, -0.05) is 6.92 Å². The lowest BCUT2D eigenvalue weighted by atomic mass is 10.2. The van der Waals surface area contributed by atoms with Crippen molar-refractivity contribution in [2.75, 3.05) is 0 Å². The Morgan fingerprint density at radius 1 is 1.67 bits per heavy atom. The van der Waals surface area contributed by atoms with E-state index in [-0.39, 0.29) is 6.42 Å². The lowest BCUT2D eigenvalue weighted by molar-refractivity contribution is -0.141. The fourth-order valence-corrected chi connectivity index (χ4v) is 1.18. The molecular formula is C8H9FN2O4. The fourth-order valence-electron chi connectivity index (χ4n) is 1.18. The van der Waals surface area contributed by atoms with Crippen molar-refractivity contribution < 1.29 is 14.3 Å². The molecule has 0 radical (unpaired) electrons. The number of aromatic nitrogens is 2. The first kappa shape index (κ1) is 11.2. The van der Waals surface area contributed by atoms with Gasteiger partial charge in [0.05, 0.1) is 6.20 Å². The van der Waals surface area contributed by atoms with Crippen LogP contribution < -0.4 is 11.2 Å². The minimum atomic E-state index is -1.26. The molecule has 2 N–H and O–H groups in total. The minimum Gasteiger partial charge on any atom is -0.480 e. The summed E-state index contributed by atoms with van der Waals surface area (Å²) in [5.41, 5.74) is -2.09. The molecule has 0 bridgehead atoms. The van der Waals surface area contributed by atoms with Crippen LogP contribution in [0.25, 0.3) is 0 Å². The van der Waals surface area contributed by atoms with Crippen LogP contribution in [0.5, 0.6) is 0 Å². The summed E-state index contributed by atoms with van der Waals surface area (Å²) in [6, 6.07) is -1.18. The summed E-state index contributed by atoms with van der Waals surface area (Å²) >= 11 is 0. The molecular weight excluding hydrogens is 207 g/mol. The number of hydrogen-bond acceptors (Lipinski definition) is 3. The topological polar surface area (TPSA) is 92.2 Å². The van der Waals surface area contributed by atoms with Crippen molar-refractivity contribution in [1.29, 1.82) is 0 Å². The molecule has 6 nitrogen and oxygen atoms in total. The molecule has 0 fully saturated rings. The second-order valence-corrected chi connectivity index (χ2v) is 2.91. The van der Waals surface area contributed by atoms with Crippen LogP contribution in [0.15, 0.2) is 15.8 Å². The minimum absolute atomic E-state index is 0.112. The van der Waals surface area contributed by atoms with E-state index in [4.69, 9.17) is 5.11 Å². The summed E-state index contributed by atoms with van der Waals surface area (Å²) in [6.45, 7) is 1.54. The van der Waals surface area contributed by atoms with E-state index in [1.165, 1.54) is 6.92 Å². The van der Waals surface area contributed by atoms with Gasteiger partial charge in [0.15, 0.2) is 0 Å². The molecule has 1 rings (SSSR count). The zero-order chi connectivity index (χ0) is 11.6. The highest BCUT2D eigenvalue weighted by atomic mass is 19.1. The number of hydrogen-bond donors (Lipinski definition) is 2. The number of nitrogens with zero attached hydrogens (tertiary/aromatic N) is 1. The Bertz CT molecular complexity index is 490. The standard InChI is InChI=1S/C8H9FN2O4/c1-2-5(7(13)14)11-3-4(9)6(12)10-8(11)15/h3,5H,2H2,1H3,(H,13,14)(H,10,12,15). The van der Waals surface area contributed by atoms with Crippen LogP contribution in [-0.4, -0.2) is 20.6 Å². The highest BCUT2D eigenvalue weighted by Gasteiger charge is 2.19. The molecule has 1 atom stereocenters. The molecule has 82 valence electrons. The van der Waals surface area contributed by atoms with Gasteiger partial charge in [-0.25, -0.2) is 9.59 Å². The predicted molar refractivity (Wildman–Crippen MR) is 48.2 cm³/mol. The van der Waals surface area contributed by atoms with Crippen molar-refractivity contribution in [3.8, 4) is 0 Å². The summed E-state index contributed by atoms with van der Waals surface area (Å²) in [5, 5.41) is 8.74. The SMILES string of the molecule is CCC(C(=O)O)n1cc(F)c(=O)[nH]c1=O. The van der Waals surface area contributed by atoms with Gasteiger partial charge >= 0.3 is 11.7 Å². The third-order valence-electron chi connectivity index (χ3n) is 1.93. The van der Waals surface area contributed by atoms with E-state index < -0.39 is 29.1 Å². The quantitative estimate of drug-likeness (QED) is 0.726. The molecule has 0 amide bonds.